The van der Waals surface area contributed by atoms with Crippen molar-refractivity contribution in [3.63, 3.8) is 0 Å². The highest BCUT2D eigenvalue weighted by atomic mass is 19.2. The molecule has 1 rings (SSSR count). The smallest absolute Gasteiger partial charge is 0.183 e. The number of hydrogen-bond donors (Lipinski definition) is 3. The van der Waals surface area contributed by atoms with E-state index in [0.717, 1.165) is 6.07 Å². The van der Waals surface area contributed by atoms with Gasteiger partial charge in [0.05, 0.1) is 23.5 Å². The number of aliphatic hydroxyl groups excluding tert-OH is 1. The van der Waals surface area contributed by atoms with Crippen molar-refractivity contribution < 1.29 is 13.9 Å². The molecule has 0 saturated carbocycles. The lowest BCUT2D eigenvalue weighted by atomic mass is 9.93. The third-order valence-corrected chi connectivity index (χ3v) is 3.17. The van der Waals surface area contributed by atoms with Gasteiger partial charge in [-0.1, -0.05) is 13.8 Å². The van der Waals surface area contributed by atoms with E-state index in [2.05, 4.69) is 5.32 Å². The molecule has 0 amide bonds. The van der Waals surface area contributed by atoms with Crippen LogP contribution in [0.3, 0.4) is 0 Å². The normalized spacial score (nSPS) is 11.6. The maximum absolute atomic E-state index is 13.6. The number of nitrogen functional groups attached to an aromatic ring is 1. The van der Waals surface area contributed by atoms with Crippen molar-refractivity contribution in [2.45, 2.75) is 32.2 Å². The second-order valence-electron chi connectivity index (χ2n) is 4.10. The molecule has 0 bridgehead atoms. The second kappa shape index (κ2) is 5.31. The SMILES string of the molecule is CCC(CC)(CO)Nc1c(N)ccc(F)c1F. The van der Waals surface area contributed by atoms with Crippen LogP contribution in [-0.4, -0.2) is 17.3 Å². The van der Waals surface area contributed by atoms with Gasteiger partial charge in [0.2, 0.25) is 0 Å². The van der Waals surface area contributed by atoms with Gasteiger partial charge in [-0.2, -0.15) is 0 Å². The van der Waals surface area contributed by atoms with Crippen molar-refractivity contribution in [3.8, 4) is 0 Å². The van der Waals surface area contributed by atoms with Crippen LogP contribution in [0.2, 0.25) is 0 Å². The fourth-order valence-corrected chi connectivity index (χ4v) is 1.65. The van der Waals surface area contributed by atoms with E-state index in [4.69, 9.17) is 5.73 Å². The molecule has 96 valence electrons. The van der Waals surface area contributed by atoms with Crippen LogP contribution >= 0.6 is 0 Å². The van der Waals surface area contributed by atoms with Gasteiger partial charge in [0.1, 0.15) is 0 Å². The summed E-state index contributed by atoms with van der Waals surface area (Å²) in [6.45, 7) is 3.55. The summed E-state index contributed by atoms with van der Waals surface area (Å²) in [6, 6.07) is 2.28. The van der Waals surface area contributed by atoms with Gasteiger partial charge in [-0.15, -0.1) is 0 Å². The van der Waals surface area contributed by atoms with Gasteiger partial charge in [-0.3, -0.25) is 0 Å². The Hall–Kier alpha value is -1.36. The van der Waals surface area contributed by atoms with Crippen molar-refractivity contribution in [2.24, 2.45) is 0 Å². The Morgan fingerprint density at radius 1 is 1.29 bits per heavy atom. The zero-order chi connectivity index (χ0) is 13.1. The topological polar surface area (TPSA) is 58.3 Å². The van der Waals surface area contributed by atoms with Gasteiger partial charge in [0.25, 0.3) is 0 Å². The summed E-state index contributed by atoms with van der Waals surface area (Å²) in [6.07, 6.45) is 1.16. The number of anilines is 2. The molecule has 0 aliphatic carbocycles. The van der Waals surface area contributed by atoms with E-state index in [1.54, 1.807) is 0 Å². The Morgan fingerprint density at radius 2 is 1.88 bits per heavy atom. The molecule has 0 unspecified atom stereocenters. The Labute approximate surface area is 99.6 Å². The molecule has 0 saturated heterocycles. The largest absolute Gasteiger partial charge is 0.397 e. The van der Waals surface area contributed by atoms with Gasteiger partial charge in [-0.05, 0) is 25.0 Å². The lowest BCUT2D eigenvalue weighted by Gasteiger charge is -2.32. The molecular formula is C12H18F2N2O. The molecule has 0 fully saturated rings. The van der Waals surface area contributed by atoms with Crippen molar-refractivity contribution in [1.82, 2.24) is 0 Å². The lowest BCUT2D eigenvalue weighted by Crippen LogP contribution is -2.41. The predicted molar refractivity (Wildman–Crippen MR) is 64.8 cm³/mol. The second-order valence-corrected chi connectivity index (χ2v) is 4.10. The summed E-state index contributed by atoms with van der Waals surface area (Å²) in [5, 5.41) is 12.2. The Kier molecular flexibility index (Phi) is 4.28. The fraction of sp³-hybridized carbons (Fsp3) is 0.500. The average molecular weight is 244 g/mol. The molecule has 0 aliphatic heterocycles. The number of hydrogen-bond acceptors (Lipinski definition) is 3. The minimum absolute atomic E-state index is 0.0808. The van der Waals surface area contributed by atoms with Gasteiger partial charge in [0.15, 0.2) is 11.6 Å². The first-order valence-corrected chi connectivity index (χ1v) is 5.62. The highest BCUT2D eigenvalue weighted by Crippen LogP contribution is 2.30. The molecule has 0 aromatic heterocycles. The van der Waals surface area contributed by atoms with E-state index in [1.807, 2.05) is 13.8 Å². The van der Waals surface area contributed by atoms with Crippen molar-refractivity contribution >= 4 is 11.4 Å². The summed E-state index contributed by atoms with van der Waals surface area (Å²) in [4.78, 5) is 0. The van der Waals surface area contributed by atoms with E-state index in [9.17, 15) is 13.9 Å². The molecule has 5 heteroatoms. The third kappa shape index (κ3) is 2.66. The maximum atomic E-state index is 13.6. The first-order valence-electron chi connectivity index (χ1n) is 5.62. The Bertz CT molecular complexity index is 384. The number of nitrogens with two attached hydrogens (primary N) is 1. The maximum Gasteiger partial charge on any atom is 0.183 e. The minimum Gasteiger partial charge on any atom is -0.397 e. The van der Waals surface area contributed by atoms with E-state index < -0.39 is 17.2 Å². The first kappa shape index (κ1) is 13.7. The van der Waals surface area contributed by atoms with Crippen LogP contribution in [0, 0.1) is 11.6 Å². The summed E-state index contributed by atoms with van der Waals surface area (Å²) in [5.74, 6) is -1.97. The van der Waals surface area contributed by atoms with Crippen LogP contribution in [0.15, 0.2) is 12.1 Å². The number of halogens is 2. The third-order valence-electron chi connectivity index (χ3n) is 3.17. The summed E-state index contributed by atoms with van der Waals surface area (Å²) >= 11 is 0. The predicted octanol–water partition coefficient (Wildman–Crippen LogP) is 2.51. The highest BCUT2D eigenvalue weighted by Gasteiger charge is 2.27. The molecule has 0 heterocycles. The van der Waals surface area contributed by atoms with Crippen LogP contribution in [-0.2, 0) is 0 Å². The van der Waals surface area contributed by atoms with Crippen molar-refractivity contribution in [3.05, 3.63) is 23.8 Å². The first-order chi connectivity index (χ1) is 7.99. The zero-order valence-electron chi connectivity index (χ0n) is 10.1. The van der Waals surface area contributed by atoms with Gasteiger partial charge in [-0.25, -0.2) is 8.78 Å². The van der Waals surface area contributed by atoms with Crippen LogP contribution in [0.1, 0.15) is 26.7 Å². The van der Waals surface area contributed by atoms with Crippen molar-refractivity contribution in [2.75, 3.05) is 17.7 Å². The van der Waals surface area contributed by atoms with Gasteiger partial charge < -0.3 is 16.2 Å². The minimum atomic E-state index is -1.01. The van der Waals surface area contributed by atoms with E-state index in [-0.39, 0.29) is 18.0 Å². The molecule has 4 N–H and O–H groups in total. The molecule has 0 atom stereocenters. The fourth-order valence-electron chi connectivity index (χ4n) is 1.65. The zero-order valence-corrected chi connectivity index (χ0v) is 10.1. The van der Waals surface area contributed by atoms with Gasteiger partial charge in [0, 0.05) is 0 Å². The molecule has 3 nitrogen and oxygen atoms in total. The molecule has 17 heavy (non-hydrogen) atoms. The molecule has 1 aromatic rings. The molecule has 1 aromatic carbocycles. The van der Waals surface area contributed by atoms with Gasteiger partial charge >= 0.3 is 0 Å². The summed E-state index contributed by atoms with van der Waals surface area (Å²) < 4.78 is 26.7. The summed E-state index contributed by atoms with van der Waals surface area (Å²) in [7, 11) is 0. The highest BCUT2D eigenvalue weighted by molar-refractivity contribution is 5.67. The number of rotatable bonds is 5. The number of aliphatic hydroxyl groups is 1. The van der Waals surface area contributed by atoms with Crippen LogP contribution in [0.4, 0.5) is 20.2 Å². The standard InChI is InChI=1S/C12H18F2N2O/c1-3-12(4-2,7-17)16-11-9(15)6-5-8(13)10(11)14/h5-6,16-17H,3-4,7,15H2,1-2H3. The number of benzene rings is 1. The lowest BCUT2D eigenvalue weighted by molar-refractivity contribution is 0.202. The molecule has 0 spiro atoms. The van der Waals surface area contributed by atoms with Crippen LogP contribution < -0.4 is 11.1 Å². The molecule has 0 radical (unpaired) electrons. The Balaban J connectivity index is 3.13. The van der Waals surface area contributed by atoms with E-state index >= 15 is 0 Å². The van der Waals surface area contributed by atoms with Crippen LogP contribution in [0.25, 0.3) is 0 Å². The number of nitrogens with one attached hydrogen (secondary N) is 1. The Morgan fingerprint density at radius 3 is 2.35 bits per heavy atom. The monoisotopic (exact) mass is 244 g/mol. The average Bonchev–Trinajstić information content (AvgIpc) is 2.36. The quantitative estimate of drug-likeness (QED) is 0.697. The van der Waals surface area contributed by atoms with E-state index in [0.29, 0.717) is 12.8 Å². The van der Waals surface area contributed by atoms with Crippen molar-refractivity contribution in [1.29, 1.82) is 0 Å². The van der Waals surface area contributed by atoms with Crippen LogP contribution in [0.5, 0.6) is 0 Å². The molecule has 0 aliphatic rings. The van der Waals surface area contributed by atoms with E-state index in [1.165, 1.54) is 6.07 Å². The summed E-state index contributed by atoms with van der Waals surface area (Å²) in [5.41, 5.74) is 4.98. The molecular weight excluding hydrogens is 226 g/mol.